The molecule has 1 atom stereocenters. The van der Waals surface area contributed by atoms with Crippen molar-refractivity contribution in [3.8, 4) is 0 Å². The van der Waals surface area contributed by atoms with Crippen LogP contribution in [0.3, 0.4) is 0 Å². The first-order valence-corrected chi connectivity index (χ1v) is 7.14. The molecule has 0 spiro atoms. The Balaban J connectivity index is 1.61. The molecule has 5 nitrogen and oxygen atoms in total. The average molecular weight is 290 g/mol. The van der Waals surface area contributed by atoms with Crippen LogP contribution in [0.15, 0.2) is 69.2 Å². The monoisotopic (exact) mass is 290 g/mol. The number of rotatable bonds is 3. The number of azo groups is 1. The zero-order valence-corrected chi connectivity index (χ0v) is 12.0. The van der Waals surface area contributed by atoms with Gasteiger partial charge in [0, 0.05) is 5.39 Å². The predicted molar refractivity (Wildman–Crippen MR) is 85.2 cm³/mol. The quantitative estimate of drug-likeness (QED) is 0.530. The number of para-hydroxylation sites is 3. The number of hydrogen-bond donors (Lipinski definition) is 1. The summed E-state index contributed by atoms with van der Waals surface area (Å²) in [7, 11) is 0. The summed E-state index contributed by atoms with van der Waals surface area (Å²) in [4.78, 5) is 7.50. The highest BCUT2D eigenvalue weighted by Gasteiger charge is 2.10. The molecule has 108 valence electrons. The molecule has 1 unspecified atom stereocenters. The lowest BCUT2D eigenvalue weighted by Gasteiger charge is -1.98. The second-order valence-electron chi connectivity index (χ2n) is 5.16. The maximum Gasteiger partial charge on any atom is 0.247 e. The minimum absolute atomic E-state index is 0.166. The van der Waals surface area contributed by atoms with E-state index in [4.69, 9.17) is 4.42 Å². The summed E-state index contributed by atoms with van der Waals surface area (Å²) in [5, 5.41) is 9.55. The topological polar surface area (TPSA) is 66.5 Å². The fourth-order valence-electron chi connectivity index (χ4n) is 2.39. The summed E-state index contributed by atoms with van der Waals surface area (Å²) in [5.41, 5.74) is 2.70. The third-order valence-electron chi connectivity index (χ3n) is 3.56. The lowest BCUT2D eigenvalue weighted by Crippen LogP contribution is -1.84. The normalized spacial score (nSPS) is 13.3. The maximum atomic E-state index is 5.79. The Morgan fingerprint density at radius 3 is 2.77 bits per heavy atom. The third kappa shape index (κ3) is 2.26. The van der Waals surface area contributed by atoms with Gasteiger partial charge in [-0.2, -0.15) is 5.11 Å². The lowest BCUT2D eigenvalue weighted by atomic mass is 10.2. The van der Waals surface area contributed by atoms with Crippen LogP contribution in [0, 0.1) is 0 Å². The molecule has 0 radical (unpaired) electrons. The van der Waals surface area contributed by atoms with Crippen LogP contribution in [-0.2, 0) is 0 Å². The second kappa shape index (κ2) is 5.11. The highest BCUT2D eigenvalue weighted by Crippen LogP contribution is 2.26. The molecule has 4 aromatic rings. The molecule has 22 heavy (non-hydrogen) atoms. The molecule has 5 heteroatoms. The SMILES string of the molecule is CC(N=Nc1nc2ccccc2[nH]1)c1cc2ccccc2o1. The standard InChI is InChI=1S/C17H14N4O/c1-11(16-10-12-6-2-5-9-15(12)22-16)20-21-17-18-13-7-3-4-8-14(13)19-17/h2-11H,1H3,(H,18,19). The number of aromatic amines is 1. The molecule has 2 aromatic carbocycles. The summed E-state index contributed by atoms with van der Waals surface area (Å²) in [5.74, 6) is 1.30. The van der Waals surface area contributed by atoms with Crippen molar-refractivity contribution in [2.45, 2.75) is 13.0 Å². The molecule has 0 saturated heterocycles. The van der Waals surface area contributed by atoms with Crippen LogP contribution in [0.4, 0.5) is 5.95 Å². The molecule has 0 aliphatic rings. The number of benzene rings is 2. The van der Waals surface area contributed by atoms with Crippen LogP contribution < -0.4 is 0 Å². The first kappa shape index (κ1) is 12.8. The summed E-state index contributed by atoms with van der Waals surface area (Å²) >= 11 is 0. The molecule has 1 N–H and O–H groups in total. The Labute approximate surface area is 126 Å². The molecular formula is C17H14N4O. The molecule has 0 bridgehead atoms. The number of H-pyrrole nitrogens is 1. The van der Waals surface area contributed by atoms with Gasteiger partial charge in [0.05, 0.1) is 11.0 Å². The van der Waals surface area contributed by atoms with Gasteiger partial charge < -0.3 is 9.40 Å². The van der Waals surface area contributed by atoms with Crippen molar-refractivity contribution in [2.75, 3.05) is 0 Å². The third-order valence-corrected chi connectivity index (χ3v) is 3.56. The van der Waals surface area contributed by atoms with Crippen LogP contribution in [-0.4, -0.2) is 9.97 Å². The molecule has 2 aromatic heterocycles. The Hall–Kier alpha value is -2.95. The average Bonchev–Trinajstić information content (AvgIpc) is 3.15. The zero-order chi connectivity index (χ0) is 14.9. The van der Waals surface area contributed by atoms with Crippen LogP contribution in [0.25, 0.3) is 22.0 Å². The molecule has 0 fully saturated rings. The van der Waals surface area contributed by atoms with Crippen molar-refractivity contribution >= 4 is 28.0 Å². The van der Waals surface area contributed by atoms with E-state index in [0.29, 0.717) is 5.95 Å². The van der Waals surface area contributed by atoms with E-state index in [-0.39, 0.29) is 6.04 Å². The highest BCUT2D eigenvalue weighted by molar-refractivity contribution is 5.78. The van der Waals surface area contributed by atoms with Crippen LogP contribution in [0.2, 0.25) is 0 Å². The van der Waals surface area contributed by atoms with Crippen molar-refractivity contribution in [3.63, 3.8) is 0 Å². The van der Waals surface area contributed by atoms with Crippen LogP contribution in [0.5, 0.6) is 0 Å². The number of hydrogen-bond acceptors (Lipinski definition) is 4. The van der Waals surface area contributed by atoms with E-state index in [0.717, 1.165) is 27.8 Å². The van der Waals surface area contributed by atoms with Gasteiger partial charge >= 0.3 is 0 Å². The van der Waals surface area contributed by atoms with Gasteiger partial charge in [-0.3, -0.25) is 0 Å². The van der Waals surface area contributed by atoms with Gasteiger partial charge in [0.25, 0.3) is 0 Å². The van der Waals surface area contributed by atoms with Crippen molar-refractivity contribution in [1.29, 1.82) is 0 Å². The van der Waals surface area contributed by atoms with E-state index in [1.807, 2.05) is 61.5 Å². The molecule has 4 rings (SSSR count). The van der Waals surface area contributed by atoms with Crippen molar-refractivity contribution in [2.24, 2.45) is 10.2 Å². The molecule has 2 heterocycles. The zero-order valence-electron chi connectivity index (χ0n) is 12.0. The van der Waals surface area contributed by atoms with Gasteiger partial charge in [0.15, 0.2) is 0 Å². The molecule has 0 amide bonds. The summed E-state index contributed by atoms with van der Waals surface area (Å²) in [6.45, 7) is 1.95. The van der Waals surface area contributed by atoms with Crippen molar-refractivity contribution in [1.82, 2.24) is 9.97 Å². The number of nitrogens with zero attached hydrogens (tertiary/aromatic N) is 3. The van der Waals surface area contributed by atoms with Gasteiger partial charge in [-0.25, -0.2) is 4.98 Å². The van der Waals surface area contributed by atoms with Gasteiger partial charge in [-0.15, -0.1) is 5.11 Å². The Bertz CT molecular complexity index is 901. The number of imidazole rings is 1. The van der Waals surface area contributed by atoms with E-state index < -0.39 is 0 Å². The van der Waals surface area contributed by atoms with Gasteiger partial charge in [0.1, 0.15) is 17.4 Å². The molecule has 0 saturated carbocycles. The van der Waals surface area contributed by atoms with Crippen LogP contribution >= 0.6 is 0 Å². The number of furan rings is 1. The number of fused-ring (bicyclic) bond motifs is 2. The first-order valence-electron chi connectivity index (χ1n) is 7.14. The van der Waals surface area contributed by atoms with Gasteiger partial charge in [-0.05, 0) is 31.2 Å². The van der Waals surface area contributed by atoms with Crippen molar-refractivity contribution < 1.29 is 4.42 Å². The van der Waals surface area contributed by atoms with Gasteiger partial charge in [-0.1, -0.05) is 30.3 Å². The summed E-state index contributed by atoms with van der Waals surface area (Å²) in [6, 6.07) is 17.5. The second-order valence-corrected chi connectivity index (χ2v) is 5.16. The Morgan fingerprint density at radius 1 is 1.09 bits per heavy atom. The lowest BCUT2D eigenvalue weighted by molar-refractivity contribution is 0.505. The maximum absolute atomic E-state index is 5.79. The van der Waals surface area contributed by atoms with E-state index in [1.165, 1.54) is 0 Å². The fourth-order valence-corrected chi connectivity index (χ4v) is 2.39. The molecule has 0 aliphatic heterocycles. The minimum Gasteiger partial charge on any atom is -0.459 e. The van der Waals surface area contributed by atoms with Crippen molar-refractivity contribution in [3.05, 3.63) is 60.4 Å². The predicted octanol–water partition coefficient (Wildman–Crippen LogP) is 5.15. The Kier molecular flexibility index (Phi) is 2.96. The minimum atomic E-state index is -0.166. The molecular weight excluding hydrogens is 276 g/mol. The summed E-state index contributed by atoms with van der Waals surface area (Å²) < 4.78 is 5.79. The summed E-state index contributed by atoms with van der Waals surface area (Å²) in [6.07, 6.45) is 0. The fraction of sp³-hybridized carbons (Fsp3) is 0.118. The van der Waals surface area contributed by atoms with Crippen LogP contribution in [0.1, 0.15) is 18.7 Å². The number of aromatic nitrogens is 2. The largest absolute Gasteiger partial charge is 0.459 e. The molecule has 0 aliphatic carbocycles. The number of nitrogens with one attached hydrogen (secondary N) is 1. The Morgan fingerprint density at radius 2 is 1.91 bits per heavy atom. The van der Waals surface area contributed by atoms with E-state index in [2.05, 4.69) is 20.2 Å². The smallest absolute Gasteiger partial charge is 0.247 e. The van der Waals surface area contributed by atoms with E-state index >= 15 is 0 Å². The van der Waals surface area contributed by atoms with Gasteiger partial charge in [0.2, 0.25) is 5.95 Å². The van der Waals surface area contributed by atoms with E-state index in [9.17, 15) is 0 Å². The first-order chi connectivity index (χ1) is 10.8. The highest BCUT2D eigenvalue weighted by atomic mass is 16.3. The van der Waals surface area contributed by atoms with E-state index in [1.54, 1.807) is 0 Å².